The number of carbonyl (C=O) groups excluding carboxylic acids is 2. The van der Waals surface area contributed by atoms with Gasteiger partial charge in [-0.25, -0.2) is 4.79 Å². The van der Waals surface area contributed by atoms with Gasteiger partial charge in [-0.15, -0.1) is 11.3 Å². The molecule has 6 nitrogen and oxygen atoms in total. The summed E-state index contributed by atoms with van der Waals surface area (Å²) in [6.45, 7) is 1.79. The molecule has 3 N–H and O–H groups in total. The lowest BCUT2D eigenvalue weighted by molar-refractivity contribution is -0.141. The first-order valence-corrected chi connectivity index (χ1v) is 8.39. The monoisotopic (exact) mass is 330 g/mol. The number of thioether (sulfide) groups is 1. The van der Waals surface area contributed by atoms with Crippen molar-refractivity contribution in [2.45, 2.75) is 25.9 Å². The van der Waals surface area contributed by atoms with E-state index in [2.05, 4.69) is 10.6 Å². The molecule has 1 rings (SSSR count). The second-order valence-electron chi connectivity index (χ2n) is 4.29. The highest BCUT2D eigenvalue weighted by atomic mass is 32.2. The number of carbonyl (C=O) groups is 3. The Balaban J connectivity index is 2.15. The number of hydrogen-bond donors (Lipinski definition) is 3. The van der Waals surface area contributed by atoms with E-state index in [0.717, 1.165) is 4.88 Å². The van der Waals surface area contributed by atoms with Crippen molar-refractivity contribution >= 4 is 40.9 Å². The van der Waals surface area contributed by atoms with Gasteiger partial charge in [0.1, 0.15) is 6.04 Å². The number of amides is 2. The molecular formula is C13H18N2O4S2. The zero-order valence-electron chi connectivity index (χ0n) is 11.6. The third-order valence-electron chi connectivity index (χ3n) is 2.50. The van der Waals surface area contributed by atoms with Crippen molar-refractivity contribution in [2.75, 3.05) is 11.5 Å². The Bertz CT molecular complexity index is 477. The molecule has 0 radical (unpaired) electrons. The molecule has 8 heteroatoms. The number of aliphatic carboxylic acids is 1. The van der Waals surface area contributed by atoms with Gasteiger partial charge in [0.25, 0.3) is 0 Å². The van der Waals surface area contributed by atoms with E-state index in [-0.39, 0.29) is 24.0 Å². The van der Waals surface area contributed by atoms with Crippen molar-refractivity contribution in [3.05, 3.63) is 22.4 Å². The van der Waals surface area contributed by atoms with E-state index in [9.17, 15) is 14.4 Å². The maximum atomic E-state index is 11.6. The lowest BCUT2D eigenvalue weighted by Crippen LogP contribution is -2.40. The molecule has 0 aliphatic rings. The average Bonchev–Trinajstić information content (AvgIpc) is 2.92. The van der Waals surface area contributed by atoms with Crippen LogP contribution in [0.4, 0.5) is 0 Å². The van der Waals surface area contributed by atoms with Gasteiger partial charge in [-0.2, -0.15) is 11.8 Å². The summed E-state index contributed by atoms with van der Waals surface area (Å²) in [5, 5.41) is 16.0. The van der Waals surface area contributed by atoms with Gasteiger partial charge in [-0.3, -0.25) is 9.59 Å². The third-order valence-corrected chi connectivity index (χ3v) is 4.37. The standard InChI is InChI=1S/C13H18N2O4S2/c1-9(16)15-11(13(18)19)4-6-20-8-12(17)14-7-10-3-2-5-21-10/h2-3,5,11H,4,6-8H2,1H3,(H,14,17)(H,15,16)(H,18,19). The van der Waals surface area contributed by atoms with Crippen LogP contribution in [-0.2, 0) is 20.9 Å². The second kappa shape index (κ2) is 9.41. The summed E-state index contributed by atoms with van der Waals surface area (Å²) in [6.07, 6.45) is 0.289. The van der Waals surface area contributed by atoms with Crippen LogP contribution in [0.15, 0.2) is 17.5 Å². The predicted molar refractivity (Wildman–Crippen MR) is 83.3 cm³/mol. The van der Waals surface area contributed by atoms with Crippen molar-refractivity contribution < 1.29 is 19.5 Å². The molecule has 0 fully saturated rings. The molecule has 0 aliphatic carbocycles. The highest BCUT2D eigenvalue weighted by Crippen LogP contribution is 2.08. The Kier molecular flexibility index (Phi) is 7.84. The van der Waals surface area contributed by atoms with Crippen LogP contribution in [0.2, 0.25) is 0 Å². The van der Waals surface area contributed by atoms with Gasteiger partial charge in [-0.1, -0.05) is 6.07 Å². The number of hydrogen-bond acceptors (Lipinski definition) is 5. The maximum Gasteiger partial charge on any atom is 0.326 e. The molecule has 0 saturated heterocycles. The molecule has 2 amide bonds. The minimum atomic E-state index is -1.06. The van der Waals surface area contributed by atoms with Crippen LogP contribution < -0.4 is 10.6 Å². The maximum absolute atomic E-state index is 11.6. The smallest absolute Gasteiger partial charge is 0.326 e. The van der Waals surface area contributed by atoms with Crippen LogP contribution in [0, 0.1) is 0 Å². The van der Waals surface area contributed by atoms with Crippen LogP contribution in [0.5, 0.6) is 0 Å². The molecule has 1 atom stereocenters. The summed E-state index contributed by atoms with van der Waals surface area (Å²) in [5.41, 5.74) is 0. The number of nitrogens with one attached hydrogen (secondary N) is 2. The van der Waals surface area contributed by atoms with E-state index in [1.54, 1.807) is 11.3 Å². The molecule has 1 aromatic rings. The molecule has 0 spiro atoms. The van der Waals surface area contributed by atoms with Gasteiger partial charge in [-0.05, 0) is 23.6 Å². The van der Waals surface area contributed by atoms with E-state index in [0.29, 0.717) is 12.3 Å². The fourth-order valence-corrected chi connectivity index (χ4v) is 3.00. The van der Waals surface area contributed by atoms with Crippen molar-refractivity contribution in [3.8, 4) is 0 Å². The lowest BCUT2D eigenvalue weighted by atomic mass is 10.2. The summed E-state index contributed by atoms with van der Waals surface area (Å²) in [4.78, 5) is 34.4. The summed E-state index contributed by atoms with van der Waals surface area (Å²) in [7, 11) is 0. The summed E-state index contributed by atoms with van der Waals surface area (Å²) >= 11 is 2.93. The largest absolute Gasteiger partial charge is 0.480 e. The van der Waals surface area contributed by atoms with E-state index in [1.807, 2.05) is 17.5 Å². The summed E-state index contributed by atoms with van der Waals surface area (Å²) in [5.74, 6) is -0.754. The Morgan fingerprint density at radius 3 is 2.76 bits per heavy atom. The van der Waals surface area contributed by atoms with Crippen LogP contribution in [0.25, 0.3) is 0 Å². The lowest BCUT2D eigenvalue weighted by Gasteiger charge is -2.12. The minimum absolute atomic E-state index is 0.0835. The quantitative estimate of drug-likeness (QED) is 0.589. The molecule has 0 aromatic carbocycles. The normalized spacial score (nSPS) is 11.7. The van der Waals surface area contributed by atoms with Crippen LogP contribution >= 0.6 is 23.1 Å². The number of rotatable bonds is 9. The van der Waals surface area contributed by atoms with Crippen molar-refractivity contribution in [1.82, 2.24) is 10.6 Å². The summed E-state index contributed by atoms with van der Waals surface area (Å²) in [6, 6.07) is 2.97. The highest BCUT2D eigenvalue weighted by molar-refractivity contribution is 7.99. The number of carboxylic acids is 1. The van der Waals surface area contributed by atoms with Crippen molar-refractivity contribution in [3.63, 3.8) is 0 Å². The molecule has 1 heterocycles. The van der Waals surface area contributed by atoms with Crippen LogP contribution in [0.1, 0.15) is 18.2 Å². The summed E-state index contributed by atoms with van der Waals surface area (Å²) < 4.78 is 0. The molecule has 1 aromatic heterocycles. The fraction of sp³-hybridized carbons (Fsp3) is 0.462. The third kappa shape index (κ3) is 7.72. The Morgan fingerprint density at radius 2 is 2.19 bits per heavy atom. The predicted octanol–water partition coefficient (Wildman–Crippen LogP) is 1.08. The zero-order valence-corrected chi connectivity index (χ0v) is 13.3. The van der Waals surface area contributed by atoms with Crippen LogP contribution in [0.3, 0.4) is 0 Å². The van der Waals surface area contributed by atoms with E-state index >= 15 is 0 Å². The van der Waals surface area contributed by atoms with Gasteiger partial charge in [0.05, 0.1) is 12.3 Å². The average molecular weight is 330 g/mol. The molecular weight excluding hydrogens is 312 g/mol. The molecule has 116 valence electrons. The molecule has 0 aliphatic heterocycles. The van der Waals surface area contributed by atoms with Gasteiger partial charge >= 0.3 is 5.97 Å². The molecule has 0 saturated carbocycles. The Morgan fingerprint density at radius 1 is 1.43 bits per heavy atom. The van der Waals surface area contributed by atoms with Gasteiger partial charge in [0.2, 0.25) is 11.8 Å². The van der Waals surface area contributed by atoms with E-state index < -0.39 is 12.0 Å². The first-order valence-electron chi connectivity index (χ1n) is 6.35. The van der Waals surface area contributed by atoms with Gasteiger partial charge < -0.3 is 15.7 Å². The first-order chi connectivity index (χ1) is 9.99. The molecule has 1 unspecified atom stereocenters. The molecule has 0 bridgehead atoms. The highest BCUT2D eigenvalue weighted by Gasteiger charge is 2.17. The first kappa shape index (κ1) is 17.5. The number of thiophene rings is 1. The van der Waals surface area contributed by atoms with E-state index in [1.165, 1.54) is 18.7 Å². The zero-order chi connectivity index (χ0) is 15.7. The molecule has 21 heavy (non-hydrogen) atoms. The van der Waals surface area contributed by atoms with Crippen LogP contribution in [-0.4, -0.2) is 40.4 Å². The number of carboxylic acid groups (broad SMARTS) is 1. The van der Waals surface area contributed by atoms with Gasteiger partial charge in [0, 0.05) is 11.8 Å². The topological polar surface area (TPSA) is 95.5 Å². The fourth-order valence-electron chi connectivity index (χ4n) is 1.52. The van der Waals surface area contributed by atoms with Crippen molar-refractivity contribution in [1.29, 1.82) is 0 Å². The Hall–Kier alpha value is -1.54. The minimum Gasteiger partial charge on any atom is -0.480 e. The SMILES string of the molecule is CC(=O)NC(CCSCC(=O)NCc1cccs1)C(=O)O. The second-order valence-corrected chi connectivity index (χ2v) is 6.43. The van der Waals surface area contributed by atoms with Crippen molar-refractivity contribution in [2.24, 2.45) is 0 Å². The van der Waals surface area contributed by atoms with E-state index in [4.69, 9.17) is 5.11 Å². The Labute approximate surface area is 131 Å². The van der Waals surface area contributed by atoms with Gasteiger partial charge in [0.15, 0.2) is 0 Å².